The van der Waals surface area contributed by atoms with Gasteiger partial charge in [-0.1, -0.05) is 0 Å². The molecule has 24 heavy (non-hydrogen) atoms. The first-order valence-electron chi connectivity index (χ1n) is 5.79. The second kappa shape index (κ2) is 7.45. The van der Waals surface area contributed by atoms with E-state index in [4.69, 9.17) is 14.7 Å². The lowest BCUT2D eigenvalue weighted by molar-refractivity contribution is -0.219. The molecule has 1 aliphatic carbocycles. The first kappa shape index (κ1) is 22.3. The fourth-order valence-electron chi connectivity index (χ4n) is 1.77. The maximum atomic E-state index is 11.6. The predicted molar refractivity (Wildman–Crippen MR) is 68.8 cm³/mol. The SMILES string of the molecule is O=P(O)(O)OP(=O)(O)OP(=O)(O)OC1[C@H](O)[C@H](O)C(O)[C@H](O)[C@H]1O. The summed E-state index contributed by atoms with van der Waals surface area (Å²) in [5.74, 6) is 0. The summed E-state index contributed by atoms with van der Waals surface area (Å²) in [5.41, 5.74) is 0. The van der Waals surface area contributed by atoms with Crippen molar-refractivity contribution >= 4 is 23.5 Å². The van der Waals surface area contributed by atoms with Crippen molar-refractivity contribution in [2.75, 3.05) is 0 Å². The highest BCUT2D eigenvalue weighted by atomic mass is 31.3. The van der Waals surface area contributed by atoms with Crippen LogP contribution in [0, 0.1) is 0 Å². The molecule has 4 unspecified atom stereocenters. The Balaban J connectivity index is 2.91. The van der Waals surface area contributed by atoms with Crippen LogP contribution in [0.1, 0.15) is 0 Å². The van der Waals surface area contributed by atoms with E-state index in [1.807, 2.05) is 0 Å². The molecule has 0 saturated heterocycles. The van der Waals surface area contributed by atoms with Gasteiger partial charge < -0.3 is 45.1 Å². The Labute approximate surface area is 133 Å². The van der Waals surface area contributed by atoms with Gasteiger partial charge in [0.05, 0.1) is 0 Å². The van der Waals surface area contributed by atoms with Crippen molar-refractivity contribution in [1.82, 2.24) is 0 Å². The first-order chi connectivity index (χ1) is 10.6. The van der Waals surface area contributed by atoms with Crippen molar-refractivity contribution in [3.8, 4) is 0 Å². The zero-order chi connectivity index (χ0) is 19.1. The highest BCUT2D eigenvalue weighted by Crippen LogP contribution is 2.66. The van der Waals surface area contributed by atoms with Gasteiger partial charge >= 0.3 is 23.5 Å². The zero-order valence-electron chi connectivity index (χ0n) is 11.3. The summed E-state index contributed by atoms with van der Waals surface area (Å²) in [6, 6.07) is 0. The van der Waals surface area contributed by atoms with Crippen LogP contribution in [0.5, 0.6) is 0 Å². The standard InChI is InChI=1S/C6H15O15P3/c7-1-2(8)4(10)6(5(11)3(1)9)19-23(15,16)21-24(17,18)20-22(12,13)14/h1-11H,(H,15,16)(H,17,18)(H2,12,13,14)/t1?,2-,3+,4-,5-,6?/m1/s1. The normalized spacial score (nSPS) is 39.9. The van der Waals surface area contributed by atoms with E-state index in [9.17, 15) is 44.1 Å². The maximum Gasteiger partial charge on any atom is 0.490 e. The summed E-state index contributed by atoms with van der Waals surface area (Å²) in [6.07, 6.45) is -13.1. The monoisotopic (exact) mass is 420 g/mol. The van der Waals surface area contributed by atoms with E-state index < -0.39 is 60.1 Å². The van der Waals surface area contributed by atoms with Crippen molar-refractivity contribution in [3.63, 3.8) is 0 Å². The average molecular weight is 420 g/mol. The first-order valence-corrected chi connectivity index (χ1v) is 10.3. The van der Waals surface area contributed by atoms with Gasteiger partial charge in [-0.2, -0.15) is 8.62 Å². The molecule has 0 aromatic heterocycles. The quantitative estimate of drug-likeness (QED) is 0.189. The van der Waals surface area contributed by atoms with Crippen molar-refractivity contribution in [2.24, 2.45) is 0 Å². The molecule has 9 N–H and O–H groups in total. The molecule has 0 radical (unpaired) electrons. The van der Waals surface area contributed by atoms with Gasteiger partial charge in [-0.15, -0.1) is 0 Å². The third kappa shape index (κ3) is 5.88. The molecule has 0 spiro atoms. The molecule has 8 atom stereocenters. The molecular weight excluding hydrogens is 405 g/mol. The lowest BCUT2D eigenvalue weighted by Gasteiger charge is -2.41. The Hall–Kier alpha value is 0.210. The van der Waals surface area contributed by atoms with E-state index in [-0.39, 0.29) is 0 Å². The smallest absolute Gasteiger partial charge is 0.387 e. The Morgan fingerprint density at radius 3 is 1.33 bits per heavy atom. The molecule has 0 aromatic rings. The molecule has 1 saturated carbocycles. The van der Waals surface area contributed by atoms with Crippen LogP contribution >= 0.6 is 23.5 Å². The average Bonchev–Trinajstić information content (AvgIpc) is 2.35. The molecular formula is C6H15O15P3. The van der Waals surface area contributed by atoms with E-state index in [0.29, 0.717) is 0 Å². The van der Waals surface area contributed by atoms with Crippen LogP contribution in [0.15, 0.2) is 0 Å². The molecule has 0 heterocycles. The van der Waals surface area contributed by atoms with Crippen molar-refractivity contribution in [3.05, 3.63) is 0 Å². The topological polar surface area (TPSA) is 261 Å². The summed E-state index contributed by atoms with van der Waals surface area (Å²) in [4.78, 5) is 34.9. The number of aliphatic hydroxyl groups is 5. The second-order valence-electron chi connectivity index (χ2n) is 4.61. The second-order valence-corrected chi connectivity index (χ2v) is 8.99. The molecule has 1 aliphatic rings. The molecule has 0 bridgehead atoms. The van der Waals surface area contributed by atoms with E-state index in [2.05, 4.69) is 13.1 Å². The number of aliphatic hydroxyl groups excluding tert-OH is 5. The van der Waals surface area contributed by atoms with Gasteiger partial charge in [0.15, 0.2) is 0 Å². The Kier molecular flexibility index (Phi) is 6.90. The lowest BCUT2D eigenvalue weighted by atomic mass is 9.85. The van der Waals surface area contributed by atoms with Crippen LogP contribution in [0.25, 0.3) is 0 Å². The van der Waals surface area contributed by atoms with Crippen LogP contribution in [0.4, 0.5) is 0 Å². The summed E-state index contributed by atoms with van der Waals surface area (Å²) in [6.45, 7) is 0. The lowest BCUT2D eigenvalue weighted by Crippen LogP contribution is -2.64. The number of phosphoric acid groups is 3. The fraction of sp³-hybridized carbons (Fsp3) is 1.00. The molecule has 0 amide bonds. The summed E-state index contributed by atoms with van der Waals surface area (Å²) >= 11 is 0. The number of phosphoric ester groups is 1. The molecule has 15 nitrogen and oxygen atoms in total. The number of rotatable bonds is 6. The van der Waals surface area contributed by atoms with E-state index in [1.54, 1.807) is 0 Å². The summed E-state index contributed by atoms with van der Waals surface area (Å²) < 4.78 is 44.1. The molecule has 0 aromatic carbocycles. The molecule has 0 aliphatic heterocycles. The van der Waals surface area contributed by atoms with Crippen LogP contribution < -0.4 is 0 Å². The van der Waals surface area contributed by atoms with Gasteiger partial charge in [-0.05, 0) is 0 Å². The number of hydrogen-bond donors (Lipinski definition) is 9. The van der Waals surface area contributed by atoms with Gasteiger partial charge in [0.1, 0.15) is 36.6 Å². The van der Waals surface area contributed by atoms with Crippen LogP contribution in [-0.2, 0) is 26.8 Å². The Bertz CT molecular complexity index is 570. The van der Waals surface area contributed by atoms with E-state index >= 15 is 0 Å². The van der Waals surface area contributed by atoms with Gasteiger partial charge in [0, 0.05) is 0 Å². The number of hydrogen-bond acceptors (Lipinski definition) is 11. The molecule has 144 valence electrons. The zero-order valence-corrected chi connectivity index (χ0v) is 14.0. The highest BCUT2D eigenvalue weighted by molar-refractivity contribution is 7.66. The largest absolute Gasteiger partial charge is 0.490 e. The minimum atomic E-state index is -5.82. The van der Waals surface area contributed by atoms with Crippen LogP contribution in [-0.4, -0.2) is 81.7 Å². The van der Waals surface area contributed by atoms with Gasteiger partial charge in [0.2, 0.25) is 0 Å². The molecule has 18 heteroatoms. The third-order valence-electron chi connectivity index (χ3n) is 2.74. The van der Waals surface area contributed by atoms with Gasteiger partial charge in [-0.3, -0.25) is 4.52 Å². The third-order valence-corrected chi connectivity index (χ3v) is 6.58. The Morgan fingerprint density at radius 2 is 0.958 bits per heavy atom. The van der Waals surface area contributed by atoms with E-state index in [0.717, 1.165) is 0 Å². The minimum absolute atomic E-state index is 2.05. The molecule has 1 rings (SSSR count). The molecule has 1 fully saturated rings. The van der Waals surface area contributed by atoms with Crippen LogP contribution in [0.2, 0.25) is 0 Å². The van der Waals surface area contributed by atoms with Crippen LogP contribution in [0.3, 0.4) is 0 Å². The maximum absolute atomic E-state index is 11.6. The minimum Gasteiger partial charge on any atom is -0.387 e. The van der Waals surface area contributed by atoms with Gasteiger partial charge in [-0.25, -0.2) is 13.7 Å². The fourth-order valence-corrected chi connectivity index (χ4v) is 4.99. The van der Waals surface area contributed by atoms with Crippen molar-refractivity contribution < 1.29 is 71.9 Å². The van der Waals surface area contributed by atoms with Crippen molar-refractivity contribution in [1.29, 1.82) is 0 Å². The van der Waals surface area contributed by atoms with E-state index in [1.165, 1.54) is 0 Å². The Morgan fingerprint density at radius 1 is 0.583 bits per heavy atom. The highest BCUT2D eigenvalue weighted by Gasteiger charge is 2.52. The predicted octanol–water partition coefficient (Wildman–Crippen LogP) is -3.48. The summed E-state index contributed by atoms with van der Waals surface area (Å²) in [7, 11) is -17.2. The van der Waals surface area contributed by atoms with Crippen molar-refractivity contribution in [2.45, 2.75) is 36.6 Å². The summed E-state index contributed by atoms with van der Waals surface area (Å²) in [5, 5.41) is 47.2. The van der Waals surface area contributed by atoms with Gasteiger partial charge in [0.25, 0.3) is 0 Å².